The monoisotopic (exact) mass is 471 g/mol. The minimum absolute atomic E-state index is 0.111. The van der Waals surface area contributed by atoms with Crippen molar-refractivity contribution in [2.75, 3.05) is 19.0 Å². The van der Waals surface area contributed by atoms with Gasteiger partial charge in [-0.25, -0.2) is 4.98 Å². The third-order valence-electron chi connectivity index (χ3n) is 5.09. The Hall–Kier alpha value is -2.97. The summed E-state index contributed by atoms with van der Waals surface area (Å²) in [5.74, 6) is 1.21. The number of fused-ring (bicyclic) bond motifs is 1. The van der Waals surface area contributed by atoms with E-state index in [4.69, 9.17) is 21.1 Å². The van der Waals surface area contributed by atoms with Crippen LogP contribution in [0.4, 0.5) is 5.82 Å². The molecule has 1 aromatic heterocycles. The molecule has 3 aromatic rings. The summed E-state index contributed by atoms with van der Waals surface area (Å²) in [4.78, 5) is 33.0. The van der Waals surface area contributed by atoms with Crippen LogP contribution < -0.4 is 20.3 Å². The summed E-state index contributed by atoms with van der Waals surface area (Å²) in [5.41, 5.74) is 1.83. The SMILES string of the molecule is CCOc1c(OC)cccc1[C@@H]1CC(=O)Nc2nc(SCc3cccc(Cl)c3)[nH]c(=O)c21. The summed E-state index contributed by atoms with van der Waals surface area (Å²) in [6.45, 7) is 2.29. The predicted octanol–water partition coefficient (Wildman–Crippen LogP) is 4.60. The molecular formula is C23H22ClN3O4S. The number of carbonyl (C=O) groups excluding carboxylic acids is 1. The topological polar surface area (TPSA) is 93.3 Å². The number of thioether (sulfide) groups is 1. The lowest BCUT2D eigenvalue weighted by Crippen LogP contribution is -2.31. The number of para-hydroxylation sites is 1. The Bertz CT molecular complexity index is 1210. The quantitative estimate of drug-likeness (QED) is 0.386. The van der Waals surface area contributed by atoms with Crippen LogP contribution in [0.1, 0.15) is 36.0 Å². The molecule has 32 heavy (non-hydrogen) atoms. The van der Waals surface area contributed by atoms with Gasteiger partial charge in [0.25, 0.3) is 5.56 Å². The largest absolute Gasteiger partial charge is 0.493 e. The lowest BCUT2D eigenvalue weighted by molar-refractivity contribution is -0.116. The fourth-order valence-electron chi connectivity index (χ4n) is 3.73. The Labute approximate surface area is 194 Å². The average molecular weight is 472 g/mol. The first kappa shape index (κ1) is 22.2. The number of carbonyl (C=O) groups is 1. The predicted molar refractivity (Wildman–Crippen MR) is 125 cm³/mol. The van der Waals surface area contributed by atoms with Crippen molar-refractivity contribution < 1.29 is 14.3 Å². The van der Waals surface area contributed by atoms with Crippen LogP contribution in [0, 0.1) is 0 Å². The number of ether oxygens (including phenoxy) is 2. The Morgan fingerprint density at radius 2 is 2.03 bits per heavy atom. The molecule has 2 N–H and O–H groups in total. The number of amides is 1. The molecule has 0 fully saturated rings. The molecule has 9 heteroatoms. The van der Waals surface area contributed by atoms with Crippen LogP contribution >= 0.6 is 23.4 Å². The molecule has 2 aromatic carbocycles. The van der Waals surface area contributed by atoms with Crippen LogP contribution in [0.2, 0.25) is 5.02 Å². The van der Waals surface area contributed by atoms with Crippen molar-refractivity contribution in [2.45, 2.75) is 30.2 Å². The number of H-pyrrole nitrogens is 1. The van der Waals surface area contributed by atoms with E-state index in [0.29, 0.717) is 45.2 Å². The molecule has 1 aliphatic heterocycles. The van der Waals surface area contributed by atoms with Gasteiger partial charge in [0.2, 0.25) is 5.91 Å². The fraction of sp³-hybridized carbons (Fsp3) is 0.261. The molecule has 2 heterocycles. The van der Waals surface area contributed by atoms with Crippen molar-refractivity contribution in [1.29, 1.82) is 0 Å². The Kier molecular flexibility index (Phi) is 6.72. The number of rotatable bonds is 7. The molecule has 166 valence electrons. The van der Waals surface area contributed by atoms with Gasteiger partial charge in [-0.2, -0.15) is 0 Å². The smallest absolute Gasteiger partial charge is 0.257 e. The number of nitrogens with zero attached hydrogens (tertiary/aromatic N) is 1. The molecule has 0 aliphatic carbocycles. The molecule has 7 nitrogen and oxygen atoms in total. The van der Waals surface area contributed by atoms with Crippen molar-refractivity contribution >= 4 is 35.1 Å². The number of anilines is 1. The number of halogens is 1. The molecular weight excluding hydrogens is 450 g/mol. The summed E-state index contributed by atoms with van der Waals surface area (Å²) in [7, 11) is 1.56. The summed E-state index contributed by atoms with van der Waals surface area (Å²) in [6, 6.07) is 12.9. The number of aromatic amines is 1. The Morgan fingerprint density at radius 1 is 1.22 bits per heavy atom. The minimum Gasteiger partial charge on any atom is -0.493 e. The number of nitrogens with one attached hydrogen (secondary N) is 2. The lowest BCUT2D eigenvalue weighted by atomic mass is 9.86. The highest BCUT2D eigenvalue weighted by molar-refractivity contribution is 7.98. The molecule has 0 radical (unpaired) electrons. The van der Waals surface area contributed by atoms with Crippen LogP contribution in [-0.2, 0) is 10.5 Å². The number of benzene rings is 2. The first-order valence-corrected chi connectivity index (χ1v) is 11.5. The van der Waals surface area contributed by atoms with E-state index in [1.807, 2.05) is 37.3 Å². The number of aromatic nitrogens is 2. The molecule has 0 bridgehead atoms. The van der Waals surface area contributed by atoms with Crippen molar-refractivity contribution in [1.82, 2.24) is 9.97 Å². The molecule has 1 amide bonds. The maximum atomic E-state index is 13.1. The van der Waals surface area contributed by atoms with Crippen LogP contribution in [0.3, 0.4) is 0 Å². The number of methoxy groups -OCH3 is 1. The second-order valence-electron chi connectivity index (χ2n) is 7.17. The highest BCUT2D eigenvalue weighted by atomic mass is 35.5. The molecule has 0 spiro atoms. The van der Waals surface area contributed by atoms with Gasteiger partial charge in [-0.15, -0.1) is 0 Å². The van der Waals surface area contributed by atoms with E-state index in [1.165, 1.54) is 11.8 Å². The maximum Gasteiger partial charge on any atom is 0.257 e. The average Bonchev–Trinajstić information content (AvgIpc) is 2.77. The summed E-state index contributed by atoms with van der Waals surface area (Å²) >= 11 is 7.41. The van der Waals surface area contributed by atoms with Crippen molar-refractivity contribution in [3.8, 4) is 11.5 Å². The van der Waals surface area contributed by atoms with E-state index in [0.717, 1.165) is 5.56 Å². The van der Waals surface area contributed by atoms with Crippen molar-refractivity contribution in [3.63, 3.8) is 0 Å². The van der Waals surface area contributed by atoms with E-state index < -0.39 is 5.92 Å². The van der Waals surface area contributed by atoms with Crippen molar-refractivity contribution in [3.05, 3.63) is 74.5 Å². The molecule has 0 saturated heterocycles. The lowest BCUT2D eigenvalue weighted by Gasteiger charge is -2.26. The van der Waals surface area contributed by atoms with Crippen LogP contribution in [-0.4, -0.2) is 29.6 Å². The number of hydrogen-bond acceptors (Lipinski definition) is 6. The van der Waals surface area contributed by atoms with Gasteiger partial charge >= 0.3 is 0 Å². The fourth-order valence-corrected chi connectivity index (χ4v) is 4.75. The van der Waals surface area contributed by atoms with E-state index in [-0.39, 0.29) is 23.7 Å². The van der Waals surface area contributed by atoms with Gasteiger partial charge < -0.3 is 19.8 Å². The summed E-state index contributed by atoms with van der Waals surface area (Å²) in [5, 5.41) is 3.82. The number of hydrogen-bond donors (Lipinski definition) is 2. The third kappa shape index (κ3) is 4.61. The van der Waals surface area contributed by atoms with Crippen LogP contribution in [0.5, 0.6) is 11.5 Å². The van der Waals surface area contributed by atoms with E-state index >= 15 is 0 Å². The molecule has 1 aliphatic rings. The zero-order chi connectivity index (χ0) is 22.7. The van der Waals surface area contributed by atoms with Gasteiger partial charge in [0.15, 0.2) is 16.7 Å². The Morgan fingerprint density at radius 3 is 2.78 bits per heavy atom. The molecule has 1 atom stereocenters. The van der Waals surface area contributed by atoms with Crippen molar-refractivity contribution in [2.24, 2.45) is 0 Å². The first-order chi connectivity index (χ1) is 15.5. The van der Waals surface area contributed by atoms with Crippen LogP contribution in [0.25, 0.3) is 0 Å². The van der Waals surface area contributed by atoms with Gasteiger partial charge in [-0.1, -0.05) is 47.6 Å². The zero-order valence-electron chi connectivity index (χ0n) is 17.6. The third-order valence-corrected chi connectivity index (χ3v) is 6.27. The second kappa shape index (κ2) is 9.67. The van der Waals surface area contributed by atoms with E-state index in [1.54, 1.807) is 19.2 Å². The molecule has 0 unspecified atom stereocenters. The standard InChI is InChI=1S/C23H22ClN3O4S/c1-3-31-20-15(8-5-9-17(20)30-2)16-11-18(28)25-21-19(16)22(29)27-23(26-21)32-12-13-6-4-7-14(24)10-13/h4-10,16H,3,11-12H2,1-2H3,(H2,25,26,27,28,29)/t16-/m0/s1. The van der Waals surface area contributed by atoms with E-state index in [9.17, 15) is 9.59 Å². The van der Waals surface area contributed by atoms with Gasteiger partial charge in [-0.3, -0.25) is 9.59 Å². The highest BCUT2D eigenvalue weighted by Crippen LogP contribution is 2.42. The highest BCUT2D eigenvalue weighted by Gasteiger charge is 2.33. The van der Waals surface area contributed by atoms with Gasteiger partial charge in [0.05, 0.1) is 19.3 Å². The second-order valence-corrected chi connectivity index (χ2v) is 8.57. The Balaban J connectivity index is 1.71. The zero-order valence-corrected chi connectivity index (χ0v) is 19.2. The van der Waals surface area contributed by atoms with Gasteiger partial charge in [0, 0.05) is 28.7 Å². The molecule has 4 rings (SSSR count). The first-order valence-electron chi connectivity index (χ1n) is 10.1. The minimum atomic E-state index is -0.501. The van der Waals surface area contributed by atoms with Crippen LogP contribution in [0.15, 0.2) is 52.4 Å². The molecule has 0 saturated carbocycles. The summed E-state index contributed by atoms with van der Waals surface area (Å²) < 4.78 is 11.3. The van der Waals surface area contributed by atoms with E-state index in [2.05, 4.69) is 15.3 Å². The normalized spacial score (nSPS) is 15.1. The summed E-state index contributed by atoms with van der Waals surface area (Å²) in [6.07, 6.45) is 0.111. The van der Waals surface area contributed by atoms with Gasteiger partial charge in [0.1, 0.15) is 5.82 Å². The maximum absolute atomic E-state index is 13.1. The van der Waals surface area contributed by atoms with Gasteiger partial charge in [-0.05, 0) is 30.7 Å².